The molecule has 0 unspecified atom stereocenters. The molecule has 0 aromatic heterocycles. The van der Waals surface area contributed by atoms with Gasteiger partial charge in [-0.05, 0) is 110 Å². The van der Waals surface area contributed by atoms with Crippen molar-refractivity contribution in [1.29, 1.82) is 0 Å². The van der Waals surface area contributed by atoms with Crippen LogP contribution in [0.15, 0.2) is 158 Å². The molecule has 0 saturated heterocycles. The van der Waals surface area contributed by atoms with Crippen molar-refractivity contribution < 1.29 is 10.2 Å². The lowest BCUT2D eigenvalue weighted by atomic mass is 10.0. The number of rotatable bonds is 12. The van der Waals surface area contributed by atoms with Crippen LogP contribution in [-0.2, 0) is 0 Å². The number of anilines is 4. The molecule has 0 bridgehead atoms. The van der Waals surface area contributed by atoms with Gasteiger partial charge in [-0.1, -0.05) is 106 Å². The number of hydrogen-bond donors (Lipinski definition) is 2. The highest BCUT2D eigenvalue weighted by molar-refractivity contribution is 5.77. The molecule has 0 fully saturated rings. The summed E-state index contributed by atoms with van der Waals surface area (Å²) >= 11 is 0. The molecule has 0 amide bonds. The van der Waals surface area contributed by atoms with Crippen molar-refractivity contribution in [2.24, 2.45) is 0 Å². The maximum absolute atomic E-state index is 9.13. The fourth-order valence-electron chi connectivity index (χ4n) is 5.07. The average Bonchev–Trinajstić information content (AvgIpc) is 3.11. The maximum atomic E-state index is 9.13. The van der Waals surface area contributed by atoms with Crippen LogP contribution < -0.4 is 9.80 Å². The Hall–Kier alpha value is -5.06. The molecule has 0 spiro atoms. The third-order valence-electron chi connectivity index (χ3n) is 7.13. The standard InChI is InChI=1S/C40H42N2O.C2H6.CH4O/c1-5-15-34(18-14-28-41(37-20-8-7-9-21-37)39-22-12-16-32(3)30-39)35-24-26-38(27-25-35)42(36(6-2)19-10-11-29-43)40-23-13-17-33(4)31-40;2*1-2/h6-27,29-31,43H,5,28H2,1-4H3;1-2H3;2H,1H3/b18-14-,19-10-,29-11+,34-15+,36-6+;;. The fourth-order valence-corrected chi connectivity index (χ4v) is 5.07. The van der Waals surface area contributed by atoms with E-state index in [4.69, 9.17) is 10.2 Å². The van der Waals surface area contributed by atoms with E-state index in [1.165, 1.54) is 33.6 Å². The lowest BCUT2D eigenvalue weighted by Crippen LogP contribution is -2.16. The second-order valence-corrected chi connectivity index (χ2v) is 10.4. The number of nitrogens with zero attached hydrogens (tertiary/aromatic N) is 2. The SMILES string of the molecule is CC.CO.C\C=C(/C=C\C=C\O)N(c1ccc(C(/C=C\CN(c2ccccc2)c2cccc(C)c2)=C/CC)cc1)c1cccc(C)c1. The van der Waals surface area contributed by atoms with E-state index in [1.54, 1.807) is 6.08 Å². The minimum atomic E-state index is 0.757. The van der Waals surface area contributed by atoms with Crippen LogP contribution >= 0.6 is 0 Å². The largest absolute Gasteiger partial charge is 0.516 e. The van der Waals surface area contributed by atoms with E-state index in [9.17, 15) is 0 Å². The topological polar surface area (TPSA) is 46.9 Å². The molecule has 4 aromatic rings. The molecule has 47 heavy (non-hydrogen) atoms. The monoisotopic (exact) mass is 628 g/mol. The van der Waals surface area contributed by atoms with Gasteiger partial charge in [-0.25, -0.2) is 0 Å². The van der Waals surface area contributed by atoms with Crippen molar-refractivity contribution in [3.63, 3.8) is 0 Å². The Morgan fingerprint density at radius 2 is 1.28 bits per heavy atom. The van der Waals surface area contributed by atoms with E-state index in [2.05, 4.69) is 158 Å². The molecule has 0 heterocycles. The molecule has 4 heteroatoms. The number of benzene rings is 4. The Bertz CT molecular complexity index is 1610. The molecule has 2 N–H and O–H groups in total. The molecule has 4 rings (SSSR count). The minimum absolute atomic E-state index is 0.757. The van der Waals surface area contributed by atoms with E-state index in [1.807, 2.05) is 32.9 Å². The molecule has 0 atom stereocenters. The van der Waals surface area contributed by atoms with Gasteiger partial charge in [-0.15, -0.1) is 0 Å². The molecule has 4 nitrogen and oxygen atoms in total. The number of hydrogen-bond acceptors (Lipinski definition) is 4. The number of aliphatic hydroxyl groups is 2. The van der Waals surface area contributed by atoms with Crippen LogP contribution in [0.2, 0.25) is 0 Å². The zero-order valence-corrected chi connectivity index (χ0v) is 29.1. The third kappa shape index (κ3) is 11.7. The van der Waals surface area contributed by atoms with E-state index >= 15 is 0 Å². The Morgan fingerprint density at radius 3 is 1.85 bits per heavy atom. The second kappa shape index (κ2) is 21.6. The number of allylic oxidation sites excluding steroid dienone is 7. The predicted molar refractivity (Wildman–Crippen MR) is 206 cm³/mol. The van der Waals surface area contributed by atoms with Crippen molar-refractivity contribution in [3.8, 4) is 0 Å². The summed E-state index contributed by atoms with van der Waals surface area (Å²) in [6.07, 6.45) is 16.3. The predicted octanol–water partition coefficient (Wildman–Crippen LogP) is 11.8. The van der Waals surface area contributed by atoms with Crippen molar-refractivity contribution in [3.05, 3.63) is 174 Å². The normalized spacial score (nSPS) is 11.7. The molecule has 246 valence electrons. The fraction of sp³-hybridized carbons (Fsp3) is 0.209. The van der Waals surface area contributed by atoms with Gasteiger partial charge in [-0.3, -0.25) is 0 Å². The van der Waals surface area contributed by atoms with Gasteiger partial charge < -0.3 is 20.0 Å². The molecule has 0 aliphatic carbocycles. The summed E-state index contributed by atoms with van der Waals surface area (Å²) in [7, 11) is 1.00. The summed E-state index contributed by atoms with van der Waals surface area (Å²) in [5.41, 5.74) is 10.3. The van der Waals surface area contributed by atoms with E-state index in [-0.39, 0.29) is 0 Å². The zero-order valence-electron chi connectivity index (χ0n) is 29.1. The van der Waals surface area contributed by atoms with Crippen molar-refractivity contribution in [2.45, 2.75) is 48.0 Å². The Balaban J connectivity index is 0.00000185. The van der Waals surface area contributed by atoms with E-state index in [0.29, 0.717) is 0 Å². The molecular weight excluding hydrogens is 576 g/mol. The molecule has 0 radical (unpaired) electrons. The van der Waals surface area contributed by atoms with E-state index in [0.717, 1.165) is 43.4 Å². The third-order valence-corrected chi connectivity index (χ3v) is 7.13. The summed E-state index contributed by atoms with van der Waals surface area (Å²) in [5, 5.41) is 16.1. The lowest BCUT2D eigenvalue weighted by molar-refractivity contribution is 0.399. The highest BCUT2D eigenvalue weighted by Gasteiger charge is 2.13. The van der Waals surface area contributed by atoms with Gasteiger partial charge in [0.15, 0.2) is 0 Å². The molecule has 0 aliphatic heterocycles. The quantitative estimate of drug-likeness (QED) is 0.121. The van der Waals surface area contributed by atoms with Gasteiger partial charge in [0.2, 0.25) is 0 Å². The molecular formula is C43H52N2O2. The van der Waals surface area contributed by atoms with Crippen molar-refractivity contribution in [1.82, 2.24) is 0 Å². The van der Waals surface area contributed by atoms with Gasteiger partial charge in [0.1, 0.15) is 0 Å². The summed E-state index contributed by atoms with van der Waals surface area (Å²) in [6.45, 7) is 13.2. The van der Waals surface area contributed by atoms with Crippen LogP contribution in [0.4, 0.5) is 22.7 Å². The molecule has 0 saturated carbocycles. The zero-order chi connectivity index (χ0) is 34.4. The first-order valence-corrected chi connectivity index (χ1v) is 16.4. The van der Waals surface area contributed by atoms with E-state index < -0.39 is 0 Å². The van der Waals surface area contributed by atoms with Crippen molar-refractivity contribution >= 4 is 28.3 Å². The van der Waals surface area contributed by atoms with Gasteiger partial charge in [0.05, 0.1) is 6.26 Å². The first-order chi connectivity index (χ1) is 23.0. The lowest BCUT2D eigenvalue weighted by Gasteiger charge is -2.27. The van der Waals surface area contributed by atoms with Gasteiger partial charge in [-0.2, -0.15) is 0 Å². The first kappa shape index (κ1) is 38.1. The van der Waals surface area contributed by atoms with Crippen LogP contribution in [0.3, 0.4) is 0 Å². The summed E-state index contributed by atoms with van der Waals surface area (Å²) in [5.74, 6) is 0. The smallest absolute Gasteiger partial charge is 0.0791 e. The number of aliphatic hydroxyl groups excluding tert-OH is 2. The van der Waals surface area contributed by atoms with Crippen LogP contribution in [0.25, 0.3) is 5.57 Å². The maximum Gasteiger partial charge on any atom is 0.0791 e. The molecule has 0 aliphatic rings. The van der Waals surface area contributed by atoms with Crippen LogP contribution in [-0.4, -0.2) is 23.9 Å². The van der Waals surface area contributed by atoms with Gasteiger partial charge >= 0.3 is 0 Å². The van der Waals surface area contributed by atoms with Crippen molar-refractivity contribution in [2.75, 3.05) is 23.5 Å². The van der Waals surface area contributed by atoms with Gasteiger partial charge in [0, 0.05) is 42.1 Å². The summed E-state index contributed by atoms with van der Waals surface area (Å²) in [4.78, 5) is 4.57. The average molecular weight is 629 g/mol. The first-order valence-electron chi connectivity index (χ1n) is 16.4. The Labute approximate surface area is 283 Å². The summed E-state index contributed by atoms with van der Waals surface area (Å²) in [6, 6.07) is 36.5. The minimum Gasteiger partial charge on any atom is -0.516 e. The molecule has 4 aromatic carbocycles. The van der Waals surface area contributed by atoms with Gasteiger partial charge in [0.25, 0.3) is 0 Å². The Kier molecular flexibility index (Phi) is 17.6. The van der Waals surface area contributed by atoms with Crippen LogP contribution in [0.1, 0.15) is 50.8 Å². The highest BCUT2D eigenvalue weighted by Crippen LogP contribution is 2.33. The highest BCUT2D eigenvalue weighted by atomic mass is 16.2. The Morgan fingerprint density at radius 1 is 0.681 bits per heavy atom. The van der Waals surface area contributed by atoms with Crippen LogP contribution in [0.5, 0.6) is 0 Å². The second-order valence-electron chi connectivity index (χ2n) is 10.4. The van der Waals surface area contributed by atoms with Crippen LogP contribution in [0, 0.1) is 13.8 Å². The summed E-state index contributed by atoms with van der Waals surface area (Å²) < 4.78 is 0. The number of para-hydroxylation sites is 1. The number of aryl methyl sites for hydroxylation is 2.